The van der Waals surface area contributed by atoms with Crippen molar-refractivity contribution in [3.63, 3.8) is 0 Å². The minimum Gasteiger partial charge on any atom is -0.424 e. The molecule has 1 aliphatic heterocycles. The van der Waals surface area contributed by atoms with Crippen LogP contribution in [0.4, 0.5) is 13.2 Å². The van der Waals surface area contributed by atoms with Crippen molar-refractivity contribution in [2.75, 3.05) is 0 Å². The molecule has 1 unspecified atom stereocenters. The number of rotatable bonds is 6. The van der Waals surface area contributed by atoms with Gasteiger partial charge in [0.05, 0.1) is 6.54 Å². The average Bonchev–Trinajstić information content (AvgIpc) is 3.22. The fourth-order valence-electron chi connectivity index (χ4n) is 4.60. The predicted molar refractivity (Wildman–Crippen MR) is 119 cm³/mol. The van der Waals surface area contributed by atoms with Crippen molar-refractivity contribution in [1.82, 2.24) is 20.1 Å². The van der Waals surface area contributed by atoms with Crippen LogP contribution < -0.4 is 15.7 Å². The van der Waals surface area contributed by atoms with Crippen LogP contribution in [0.5, 0.6) is 0 Å². The van der Waals surface area contributed by atoms with Gasteiger partial charge in [-0.3, -0.25) is 0 Å². The zero-order valence-electron chi connectivity index (χ0n) is 18.1. The maximum atomic E-state index is 13.3. The number of halogens is 3. The normalized spacial score (nSPS) is 17.2. The van der Waals surface area contributed by atoms with Crippen LogP contribution in [0.15, 0.2) is 60.7 Å². The van der Waals surface area contributed by atoms with Gasteiger partial charge in [0.2, 0.25) is 5.82 Å². The van der Waals surface area contributed by atoms with E-state index in [2.05, 4.69) is 29.4 Å². The standard InChI is InChI=1S/C23H27F3N4OSi/c1-22(2,32(31,18-9-5-3-6-10-18)19-11-7-4-8-12-19)14-13-17-16-30-20(15-27-17)28-29-21(30)23(24,25)26/h3-12,17,27,31H,13-16H2,1-2H3. The molecule has 170 valence electrons. The molecule has 32 heavy (non-hydrogen) atoms. The van der Waals surface area contributed by atoms with Crippen molar-refractivity contribution in [1.29, 1.82) is 0 Å². The van der Waals surface area contributed by atoms with Gasteiger partial charge in [0.25, 0.3) is 8.32 Å². The summed E-state index contributed by atoms with van der Waals surface area (Å²) in [7, 11) is -3.15. The Kier molecular flexibility index (Phi) is 6.00. The van der Waals surface area contributed by atoms with E-state index in [1.165, 1.54) is 4.57 Å². The molecule has 0 saturated heterocycles. The maximum absolute atomic E-state index is 13.3. The molecule has 0 spiro atoms. The maximum Gasteiger partial charge on any atom is 0.451 e. The molecule has 2 heterocycles. The quantitative estimate of drug-likeness (QED) is 0.555. The number of aromatic nitrogens is 3. The molecule has 5 nitrogen and oxygen atoms in total. The van der Waals surface area contributed by atoms with Crippen LogP contribution in [0.25, 0.3) is 0 Å². The summed E-state index contributed by atoms with van der Waals surface area (Å²) in [6.45, 7) is 4.53. The summed E-state index contributed by atoms with van der Waals surface area (Å²) in [4.78, 5) is 12.2. The highest BCUT2D eigenvalue weighted by atomic mass is 28.4. The van der Waals surface area contributed by atoms with Crippen LogP contribution in [0, 0.1) is 0 Å². The van der Waals surface area contributed by atoms with Crippen molar-refractivity contribution in [3.8, 4) is 0 Å². The zero-order valence-corrected chi connectivity index (χ0v) is 19.1. The molecule has 2 N–H and O–H groups in total. The predicted octanol–water partition coefficient (Wildman–Crippen LogP) is 3.08. The largest absolute Gasteiger partial charge is 0.451 e. The lowest BCUT2D eigenvalue weighted by Gasteiger charge is -2.42. The first-order chi connectivity index (χ1) is 15.1. The van der Waals surface area contributed by atoms with E-state index in [1.54, 1.807) is 0 Å². The fraction of sp³-hybridized carbons (Fsp3) is 0.391. The smallest absolute Gasteiger partial charge is 0.424 e. The molecule has 1 aliphatic rings. The van der Waals surface area contributed by atoms with Crippen LogP contribution in [-0.4, -0.2) is 33.9 Å². The van der Waals surface area contributed by atoms with Gasteiger partial charge in [-0.25, -0.2) is 0 Å². The van der Waals surface area contributed by atoms with Crippen molar-refractivity contribution in [2.45, 2.75) is 57.0 Å². The minimum absolute atomic E-state index is 0.157. The number of fused-ring (bicyclic) bond motifs is 1. The number of nitrogens with zero attached hydrogens (tertiary/aromatic N) is 3. The molecule has 4 rings (SSSR count). The molecular weight excluding hydrogens is 433 g/mol. The second-order valence-corrected chi connectivity index (χ2v) is 12.9. The summed E-state index contributed by atoms with van der Waals surface area (Å²) in [5.41, 5.74) is 0. The molecule has 0 amide bonds. The van der Waals surface area contributed by atoms with Crippen molar-refractivity contribution >= 4 is 18.7 Å². The lowest BCUT2D eigenvalue weighted by molar-refractivity contribution is -0.147. The third-order valence-electron chi connectivity index (χ3n) is 6.51. The van der Waals surface area contributed by atoms with Crippen LogP contribution >= 0.6 is 0 Å². The molecule has 2 aromatic carbocycles. The van der Waals surface area contributed by atoms with Gasteiger partial charge in [0.1, 0.15) is 5.82 Å². The first-order valence-electron chi connectivity index (χ1n) is 10.7. The number of hydrogen-bond donors (Lipinski definition) is 2. The van der Waals surface area contributed by atoms with Crippen LogP contribution in [-0.2, 0) is 19.3 Å². The second kappa shape index (κ2) is 8.46. The van der Waals surface area contributed by atoms with E-state index < -0.39 is 25.4 Å². The van der Waals surface area contributed by atoms with Gasteiger partial charge in [0.15, 0.2) is 0 Å². The van der Waals surface area contributed by atoms with Crippen LogP contribution in [0.3, 0.4) is 0 Å². The van der Waals surface area contributed by atoms with Crippen molar-refractivity contribution < 1.29 is 18.0 Å². The van der Waals surface area contributed by atoms with Gasteiger partial charge in [-0.1, -0.05) is 74.5 Å². The topological polar surface area (TPSA) is 63.0 Å². The van der Waals surface area contributed by atoms with E-state index in [1.807, 2.05) is 60.7 Å². The zero-order chi connectivity index (χ0) is 23.0. The molecule has 9 heteroatoms. The van der Waals surface area contributed by atoms with Crippen molar-refractivity contribution in [2.24, 2.45) is 0 Å². The third kappa shape index (κ3) is 4.12. The molecule has 0 aliphatic carbocycles. The Morgan fingerprint density at radius 2 is 1.56 bits per heavy atom. The molecule has 0 radical (unpaired) electrons. The lowest BCUT2D eigenvalue weighted by Crippen LogP contribution is -2.65. The highest BCUT2D eigenvalue weighted by Crippen LogP contribution is 2.40. The van der Waals surface area contributed by atoms with E-state index in [-0.39, 0.29) is 19.1 Å². The SMILES string of the molecule is CC(C)(CCC1Cn2c(nnc2C(F)(F)F)CN1)[Si](O)(c1ccccc1)c1ccccc1. The highest BCUT2D eigenvalue weighted by molar-refractivity contribution is 6.98. The molecule has 1 atom stereocenters. The van der Waals surface area contributed by atoms with Gasteiger partial charge in [-0.2, -0.15) is 13.2 Å². The first-order valence-corrected chi connectivity index (χ1v) is 12.6. The summed E-state index contributed by atoms with van der Waals surface area (Å²) >= 11 is 0. The summed E-state index contributed by atoms with van der Waals surface area (Å²) in [6, 6.07) is 19.3. The van der Waals surface area contributed by atoms with Gasteiger partial charge in [-0.15, -0.1) is 10.2 Å². The number of hydrogen-bond acceptors (Lipinski definition) is 4. The Hall–Kier alpha value is -2.49. The molecular formula is C23H27F3N4OSi. The third-order valence-corrected chi connectivity index (χ3v) is 11.1. The van der Waals surface area contributed by atoms with Gasteiger partial charge >= 0.3 is 6.18 Å². The minimum atomic E-state index is -4.53. The second-order valence-electron chi connectivity index (χ2n) is 8.99. The summed E-state index contributed by atoms with van der Waals surface area (Å²) in [5.74, 6) is -0.648. The Morgan fingerprint density at radius 3 is 2.09 bits per heavy atom. The van der Waals surface area contributed by atoms with Gasteiger partial charge in [-0.05, 0) is 28.3 Å². The summed E-state index contributed by atoms with van der Waals surface area (Å²) in [5, 5.41) is 11.7. The highest BCUT2D eigenvalue weighted by Gasteiger charge is 2.50. The van der Waals surface area contributed by atoms with E-state index >= 15 is 0 Å². The molecule has 0 saturated carbocycles. The Bertz CT molecular complexity index is 1010. The Labute approximate surface area is 186 Å². The first kappa shape index (κ1) is 22.7. The fourth-order valence-corrected chi connectivity index (χ4v) is 8.36. The number of benzene rings is 2. The average molecular weight is 461 g/mol. The van der Waals surface area contributed by atoms with Crippen LogP contribution in [0.2, 0.25) is 5.04 Å². The molecule has 0 fully saturated rings. The Balaban J connectivity index is 1.57. The van der Waals surface area contributed by atoms with Gasteiger partial charge in [0, 0.05) is 12.6 Å². The summed E-state index contributed by atoms with van der Waals surface area (Å²) < 4.78 is 41.0. The summed E-state index contributed by atoms with van der Waals surface area (Å²) in [6.07, 6.45) is -3.26. The van der Waals surface area contributed by atoms with E-state index in [9.17, 15) is 18.0 Å². The van der Waals surface area contributed by atoms with E-state index in [0.717, 1.165) is 10.4 Å². The van der Waals surface area contributed by atoms with Crippen molar-refractivity contribution in [3.05, 3.63) is 72.3 Å². The monoisotopic (exact) mass is 460 g/mol. The Morgan fingerprint density at radius 1 is 1.00 bits per heavy atom. The molecule has 1 aromatic heterocycles. The van der Waals surface area contributed by atoms with Gasteiger partial charge < -0.3 is 14.7 Å². The molecule has 3 aromatic rings. The van der Waals surface area contributed by atoms with E-state index in [0.29, 0.717) is 18.7 Å². The van der Waals surface area contributed by atoms with E-state index in [4.69, 9.17) is 0 Å². The lowest BCUT2D eigenvalue weighted by atomic mass is 10.0. The van der Waals surface area contributed by atoms with Crippen LogP contribution in [0.1, 0.15) is 38.3 Å². The molecule has 0 bridgehead atoms. The number of alkyl halides is 3. The number of nitrogens with one attached hydrogen (secondary N) is 1.